The number of nitrogens with zero attached hydrogens (tertiary/aromatic N) is 1. The molecule has 1 unspecified atom stereocenters. The maximum absolute atomic E-state index is 11.3. The summed E-state index contributed by atoms with van der Waals surface area (Å²) < 4.78 is 10.1. The van der Waals surface area contributed by atoms with Crippen molar-refractivity contribution in [1.29, 1.82) is 0 Å². The summed E-state index contributed by atoms with van der Waals surface area (Å²) in [4.78, 5) is 24.3. The Morgan fingerprint density at radius 3 is 2.50 bits per heavy atom. The predicted molar refractivity (Wildman–Crippen MR) is 60.3 cm³/mol. The average molecular weight is 258 g/mol. The average Bonchev–Trinajstić information content (AvgIpc) is 2.54. The number of likely N-dealkylation sites (N-methyl/N-ethyl adjacent to an activating group) is 1. The number of aliphatic hydroxyl groups is 1. The number of hydrogen-bond donors (Lipinski definition) is 2. The van der Waals surface area contributed by atoms with Crippen LogP contribution in [0.25, 0.3) is 0 Å². The van der Waals surface area contributed by atoms with Gasteiger partial charge < -0.3 is 19.9 Å². The molecule has 7 heteroatoms. The zero-order valence-corrected chi connectivity index (χ0v) is 10.6. The highest BCUT2D eigenvalue weighted by Gasteiger charge is 2.58. The maximum atomic E-state index is 11.3. The molecular weight excluding hydrogens is 240 g/mol. The molecule has 0 aromatic rings. The fraction of sp³-hybridized carbons (Fsp3) is 0.818. The first-order valence-electron chi connectivity index (χ1n) is 6.03. The molecule has 1 spiro atoms. The first kappa shape index (κ1) is 13.3. The van der Waals surface area contributed by atoms with Crippen molar-refractivity contribution < 1.29 is 24.2 Å². The summed E-state index contributed by atoms with van der Waals surface area (Å²) in [6.07, 6.45) is 0.588. The van der Waals surface area contributed by atoms with Gasteiger partial charge in [-0.1, -0.05) is 6.92 Å². The lowest BCUT2D eigenvalue weighted by Gasteiger charge is -2.46. The van der Waals surface area contributed by atoms with Gasteiger partial charge in [-0.05, 0) is 13.5 Å². The Bertz CT molecular complexity index is 356. The first-order valence-corrected chi connectivity index (χ1v) is 6.03. The van der Waals surface area contributed by atoms with Crippen LogP contribution in [-0.2, 0) is 19.1 Å². The summed E-state index contributed by atoms with van der Waals surface area (Å²) in [7, 11) is 1.73. The van der Waals surface area contributed by atoms with Crippen molar-refractivity contribution in [2.45, 2.75) is 31.3 Å². The van der Waals surface area contributed by atoms with E-state index < -0.39 is 23.5 Å². The van der Waals surface area contributed by atoms with Crippen LogP contribution in [0.3, 0.4) is 0 Å². The van der Waals surface area contributed by atoms with E-state index in [9.17, 15) is 14.7 Å². The molecule has 2 heterocycles. The van der Waals surface area contributed by atoms with Crippen LogP contribution in [-0.4, -0.2) is 60.1 Å². The Balaban J connectivity index is 2.24. The summed E-state index contributed by atoms with van der Waals surface area (Å²) in [6.45, 7) is 3.29. The third-order valence-corrected chi connectivity index (χ3v) is 3.44. The number of carbonyl (C=O) groups is 2. The van der Waals surface area contributed by atoms with Crippen molar-refractivity contribution in [2.24, 2.45) is 0 Å². The van der Waals surface area contributed by atoms with Crippen LogP contribution in [0.1, 0.15) is 19.8 Å². The largest absolute Gasteiger partial charge is 0.421 e. The van der Waals surface area contributed by atoms with Gasteiger partial charge in [0.25, 0.3) is 0 Å². The molecule has 2 aliphatic heterocycles. The molecule has 2 rings (SSSR count). The predicted octanol–water partition coefficient (Wildman–Crippen LogP) is -1.19. The molecular formula is C11H18N2O5. The molecule has 0 radical (unpaired) electrons. The van der Waals surface area contributed by atoms with Crippen molar-refractivity contribution in [3.05, 3.63) is 0 Å². The van der Waals surface area contributed by atoms with Crippen molar-refractivity contribution >= 4 is 11.9 Å². The quantitative estimate of drug-likeness (QED) is 0.486. The van der Waals surface area contributed by atoms with E-state index in [0.29, 0.717) is 26.1 Å². The summed E-state index contributed by atoms with van der Waals surface area (Å²) in [5.41, 5.74) is -1.05. The SMILES string of the molecule is CCN1CCC(O)(CNC)CC12OC(=O)C(=O)O2. The van der Waals surface area contributed by atoms with Crippen molar-refractivity contribution in [3.8, 4) is 0 Å². The molecule has 2 aliphatic rings. The van der Waals surface area contributed by atoms with Gasteiger partial charge in [0.2, 0.25) is 0 Å². The first-order chi connectivity index (χ1) is 8.45. The molecule has 0 amide bonds. The molecule has 2 fully saturated rings. The van der Waals surface area contributed by atoms with Gasteiger partial charge in [0.15, 0.2) is 0 Å². The van der Waals surface area contributed by atoms with Crippen LogP contribution in [0.5, 0.6) is 0 Å². The van der Waals surface area contributed by atoms with Gasteiger partial charge in [-0.3, -0.25) is 0 Å². The Morgan fingerprint density at radius 2 is 2.00 bits per heavy atom. The van der Waals surface area contributed by atoms with Gasteiger partial charge in [-0.15, -0.1) is 0 Å². The lowest BCUT2D eigenvalue weighted by molar-refractivity contribution is -0.289. The number of hydrogen-bond acceptors (Lipinski definition) is 7. The van der Waals surface area contributed by atoms with E-state index in [-0.39, 0.29) is 6.42 Å². The van der Waals surface area contributed by atoms with Crippen LogP contribution >= 0.6 is 0 Å². The monoisotopic (exact) mass is 258 g/mol. The number of nitrogens with one attached hydrogen (secondary N) is 1. The van der Waals surface area contributed by atoms with E-state index in [1.807, 2.05) is 6.92 Å². The zero-order valence-electron chi connectivity index (χ0n) is 10.6. The molecule has 2 saturated heterocycles. The van der Waals surface area contributed by atoms with Crippen molar-refractivity contribution in [1.82, 2.24) is 10.2 Å². The topological polar surface area (TPSA) is 88.1 Å². The van der Waals surface area contributed by atoms with E-state index in [4.69, 9.17) is 9.47 Å². The number of likely N-dealkylation sites (tertiary alicyclic amines) is 1. The molecule has 0 bridgehead atoms. The molecule has 1 atom stereocenters. The van der Waals surface area contributed by atoms with E-state index in [2.05, 4.69) is 5.32 Å². The van der Waals surface area contributed by atoms with Crippen LogP contribution in [0.4, 0.5) is 0 Å². The minimum Gasteiger partial charge on any atom is -0.400 e. The molecule has 18 heavy (non-hydrogen) atoms. The number of rotatable bonds is 3. The fourth-order valence-electron chi connectivity index (χ4n) is 2.60. The highest BCUT2D eigenvalue weighted by molar-refractivity contribution is 6.31. The van der Waals surface area contributed by atoms with Gasteiger partial charge in [0.05, 0.1) is 12.0 Å². The van der Waals surface area contributed by atoms with E-state index in [0.717, 1.165) is 0 Å². The lowest BCUT2D eigenvalue weighted by Crippen LogP contribution is -2.62. The Morgan fingerprint density at radius 1 is 1.39 bits per heavy atom. The maximum Gasteiger partial charge on any atom is 0.421 e. The summed E-state index contributed by atoms with van der Waals surface area (Å²) in [5, 5.41) is 13.3. The Hall–Kier alpha value is -1.18. The number of carbonyl (C=O) groups excluding carboxylic acids is 2. The highest BCUT2D eigenvalue weighted by atomic mass is 16.8. The molecule has 102 valence electrons. The third kappa shape index (κ3) is 2.09. The van der Waals surface area contributed by atoms with E-state index >= 15 is 0 Å². The number of piperidine rings is 1. The van der Waals surface area contributed by atoms with Crippen molar-refractivity contribution in [2.75, 3.05) is 26.7 Å². The number of esters is 2. The minimum absolute atomic E-state index is 0.0617. The lowest BCUT2D eigenvalue weighted by atomic mass is 9.88. The third-order valence-electron chi connectivity index (χ3n) is 3.44. The van der Waals surface area contributed by atoms with Crippen LogP contribution < -0.4 is 5.32 Å². The van der Waals surface area contributed by atoms with Gasteiger partial charge in [-0.25, -0.2) is 14.5 Å². The molecule has 0 aromatic heterocycles. The molecule has 2 N–H and O–H groups in total. The van der Waals surface area contributed by atoms with Gasteiger partial charge in [-0.2, -0.15) is 0 Å². The van der Waals surface area contributed by atoms with Crippen LogP contribution in [0.2, 0.25) is 0 Å². The Kier molecular flexibility index (Phi) is 3.31. The highest BCUT2D eigenvalue weighted by Crippen LogP contribution is 2.39. The van der Waals surface area contributed by atoms with Crippen LogP contribution in [0, 0.1) is 0 Å². The van der Waals surface area contributed by atoms with Gasteiger partial charge >= 0.3 is 17.8 Å². The zero-order chi connectivity index (χ0) is 13.4. The summed E-state index contributed by atoms with van der Waals surface area (Å²) in [6, 6.07) is 0. The smallest absolute Gasteiger partial charge is 0.400 e. The summed E-state index contributed by atoms with van der Waals surface area (Å²) in [5.74, 6) is -3.43. The molecule has 0 saturated carbocycles. The fourth-order valence-corrected chi connectivity index (χ4v) is 2.60. The van der Waals surface area contributed by atoms with E-state index in [1.54, 1.807) is 11.9 Å². The van der Waals surface area contributed by atoms with Gasteiger partial charge in [0.1, 0.15) is 0 Å². The Labute approximate surface area is 105 Å². The molecule has 7 nitrogen and oxygen atoms in total. The van der Waals surface area contributed by atoms with Crippen molar-refractivity contribution in [3.63, 3.8) is 0 Å². The second-order valence-corrected chi connectivity index (χ2v) is 4.75. The van der Waals surface area contributed by atoms with Gasteiger partial charge in [0, 0.05) is 19.6 Å². The normalized spacial score (nSPS) is 31.5. The standard InChI is InChI=1S/C11H18N2O5/c1-3-13-5-4-10(16,7-12-2)6-11(13)17-8(14)9(15)18-11/h12,16H,3-7H2,1-2H3. The van der Waals surface area contributed by atoms with E-state index in [1.165, 1.54) is 0 Å². The minimum atomic E-state index is -1.44. The second-order valence-electron chi connectivity index (χ2n) is 4.75. The second kappa shape index (κ2) is 4.49. The summed E-state index contributed by atoms with van der Waals surface area (Å²) >= 11 is 0. The molecule has 0 aliphatic carbocycles. The molecule has 0 aromatic carbocycles. The number of ether oxygens (including phenoxy) is 2. The van der Waals surface area contributed by atoms with Crippen LogP contribution in [0.15, 0.2) is 0 Å².